The van der Waals surface area contributed by atoms with Gasteiger partial charge in [-0.05, 0) is 41.7 Å². The van der Waals surface area contributed by atoms with Gasteiger partial charge in [-0.25, -0.2) is 9.97 Å². The van der Waals surface area contributed by atoms with Crippen LogP contribution in [0.4, 0.5) is 5.82 Å². The van der Waals surface area contributed by atoms with E-state index >= 15 is 0 Å². The van der Waals surface area contributed by atoms with E-state index in [1.54, 1.807) is 34.7 Å². The van der Waals surface area contributed by atoms with E-state index in [9.17, 15) is 15.0 Å². The standard InChI is InChI=1S/C28H29N5O4S/c1-16(2)19-13-20(22(35)14-21(19)34)28(36)33-8-5-18-23(15-33)38-27-24(18)26(32-9-11-37-12-10-32)30-25(31-27)17-3-6-29-7-4-17/h3-4,6-7,13-14,16,34-35H,5,8-12,15H2,1-2H3. The molecule has 1 fully saturated rings. The summed E-state index contributed by atoms with van der Waals surface area (Å²) in [6, 6.07) is 6.70. The highest BCUT2D eigenvalue weighted by Gasteiger charge is 2.30. The van der Waals surface area contributed by atoms with Gasteiger partial charge in [-0.3, -0.25) is 9.78 Å². The summed E-state index contributed by atoms with van der Waals surface area (Å²) in [5.74, 6) is 1.14. The molecule has 0 saturated carbocycles. The number of amides is 1. The molecular weight excluding hydrogens is 502 g/mol. The lowest BCUT2D eigenvalue weighted by Gasteiger charge is -2.30. The largest absolute Gasteiger partial charge is 0.508 e. The summed E-state index contributed by atoms with van der Waals surface area (Å²) in [6.07, 6.45) is 4.15. The monoisotopic (exact) mass is 531 g/mol. The number of fused-ring (bicyclic) bond motifs is 3. The van der Waals surface area contributed by atoms with Crippen molar-refractivity contribution >= 4 is 33.3 Å². The van der Waals surface area contributed by atoms with Crippen LogP contribution in [0.5, 0.6) is 11.5 Å². The second-order valence-electron chi connectivity index (χ2n) is 9.95. The van der Waals surface area contributed by atoms with E-state index in [0.29, 0.717) is 44.1 Å². The quantitative estimate of drug-likeness (QED) is 0.400. The lowest BCUT2D eigenvalue weighted by Crippen LogP contribution is -2.37. The number of rotatable bonds is 4. The van der Waals surface area contributed by atoms with Crippen molar-refractivity contribution in [3.63, 3.8) is 0 Å². The van der Waals surface area contributed by atoms with E-state index in [0.717, 1.165) is 39.6 Å². The van der Waals surface area contributed by atoms with Crippen molar-refractivity contribution in [1.29, 1.82) is 0 Å². The van der Waals surface area contributed by atoms with Gasteiger partial charge in [0.05, 0.1) is 30.7 Å². The number of nitrogens with zero attached hydrogens (tertiary/aromatic N) is 5. The van der Waals surface area contributed by atoms with Crippen molar-refractivity contribution in [3.05, 3.63) is 58.2 Å². The number of aromatic nitrogens is 3. The molecule has 1 aromatic carbocycles. The SMILES string of the molecule is CC(C)c1cc(C(=O)N2CCc3c(sc4nc(-c5ccncc5)nc(N5CCOCC5)c34)C2)c(O)cc1O. The number of morpholine rings is 1. The van der Waals surface area contributed by atoms with Crippen LogP contribution < -0.4 is 4.90 Å². The summed E-state index contributed by atoms with van der Waals surface area (Å²) in [5.41, 5.74) is 2.95. The van der Waals surface area contributed by atoms with Crippen LogP contribution in [0.1, 0.15) is 46.1 Å². The highest BCUT2D eigenvalue weighted by atomic mass is 32.1. The molecule has 4 aromatic rings. The van der Waals surface area contributed by atoms with Crippen molar-refractivity contribution < 1.29 is 19.7 Å². The van der Waals surface area contributed by atoms with Gasteiger partial charge >= 0.3 is 0 Å². The van der Waals surface area contributed by atoms with E-state index in [-0.39, 0.29) is 28.9 Å². The molecule has 6 rings (SSSR count). The number of ether oxygens (including phenoxy) is 1. The first kappa shape index (κ1) is 24.6. The van der Waals surface area contributed by atoms with Crippen LogP contribution in [-0.4, -0.2) is 68.8 Å². The van der Waals surface area contributed by atoms with Gasteiger partial charge in [-0.15, -0.1) is 11.3 Å². The summed E-state index contributed by atoms with van der Waals surface area (Å²) < 4.78 is 5.59. The molecule has 2 aliphatic heterocycles. The van der Waals surface area contributed by atoms with Gasteiger partial charge in [0.2, 0.25) is 0 Å². The molecule has 2 N–H and O–H groups in total. The predicted octanol–water partition coefficient (Wildman–Crippen LogP) is 4.32. The molecule has 1 saturated heterocycles. The Morgan fingerprint density at radius 1 is 1.05 bits per heavy atom. The summed E-state index contributed by atoms with van der Waals surface area (Å²) in [6.45, 7) is 7.66. The zero-order valence-electron chi connectivity index (χ0n) is 21.3. The van der Waals surface area contributed by atoms with Gasteiger partial charge in [-0.2, -0.15) is 0 Å². The number of phenolic OH excluding ortho intramolecular Hbond substituents is 2. The van der Waals surface area contributed by atoms with Crippen LogP contribution in [-0.2, 0) is 17.7 Å². The van der Waals surface area contributed by atoms with Crippen LogP contribution in [0.25, 0.3) is 21.6 Å². The fraction of sp³-hybridized carbons (Fsp3) is 0.357. The number of hydrogen-bond acceptors (Lipinski definition) is 9. The highest BCUT2D eigenvalue weighted by molar-refractivity contribution is 7.19. The zero-order chi connectivity index (χ0) is 26.4. The summed E-state index contributed by atoms with van der Waals surface area (Å²) >= 11 is 1.60. The Hall–Kier alpha value is -3.76. The van der Waals surface area contributed by atoms with E-state index in [4.69, 9.17) is 14.7 Å². The molecule has 196 valence electrons. The Morgan fingerprint density at radius 3 is 2.55 bits per heavy atom. The number of phenols is 2. The van der Waals surface area contributed by atoms with Crippen molar-refractivity contribution in [2.75, 3.05) is 37.7 Å². The normalized spacial score (nSPS) is 15.8. The van der Waals surface area contributed by atoms with Gasteiger partial charge in [0.1, 0.15) is 22.1 Å². The minimum Gasteiger partial charge on any atom is -0.508 e. The van der Waals surface area contributed by atoms with E-state index in [2.05, 4.69) is 9.88 Å². The maximum Gasteiger partial charge on any atom is 0.257 e. The molecule has 0 unspecified atom stereocenters. The van der Waals surface area contributed by atoms with Gasteiger partial charge < -0.3 is 24.7 Å². The van der Waals surface area contributed by atoms with Crippen molar-refractivity contribution in [3.8, 4) is 22.9 Å². The second-order valence-corrected chi connectivity index (χ2v) is 11.0. The Bertz CT molecular complexity index is 1520. The molecule has 0 spiro atoms. The van der Waals surface area contributed by atoms with Crippen LogP contribution in [0.15, 0.2) is 36.7 Å². The Labute approximate surface area is 224 Å². The number of pyridine rings is 1. The third kappa shape index (κ3) is 4.33. The lowest BCUT2D eigenvalue weighted by molar-refractivity contribution is 0.0734. The first-order chi connectivity index (χ1) is 18.4. The van der Waals surface area contributed by atoms with Crippen LogP contribution in [0, 0.1) is 0 Å². The van der Waals surface area contributed by atoms with Crippen molar-refractivity contribution in [2.45, 2.75) is 32.7 Å². The third-order valence-corrected chi connectivity index (χ3v) is 8.33. The molecule has 9 nitrogen and oxygen atoms in total. The fourth-order valence-electron chi connectivity index (χ4n) is 5.18. The topological polar surface area (TPSA) is 112 Å². The van der Waals surface area contributed by atoms with Gasteiger partial charge in [0.25, 0.3) is 5.91 Å². The van der Waals surface area contributed by atoms with Gasteiger partial charge in [0, 0.05) is 48.5 Å². The van der Waals surface area contributed by atoms with E-state index in [1.165, 1.54) is 11.6 Å². The molecule has 10 heteroatoms. The molecular formula is C28H29N5O4S. The molecule has 2 aliphatic rings. The maximum absolute atomic E-state index is 13.5. The highest BCUT2D eigenvalue weighted by Crippen LogP contribution is 2.41. The molecule has 0 aliphatic carbocycles. The molecule has 0 atom stereocenters. The first-order valence-corrected chi connectivity index (χ1v) is 13.6. The molecule has 1 amide bonds. The van der Waals surface area contributed by atoms with Crippen LogP contribution >= 0.6 is 11.3 Å². The average Bonchev–Trinajstić information content (AvgIpc) is 3.31. The Kier molecular flexibility index (Phi) is 6.37. The van der Waals surface area contributed by atoms with Crippen molar-refractivity contribution in [1.82, 2.24) is 19.9 Å². The number of carbonyl (C=O) groups excluding carboxylic acids is 1. The van der Waals surface area contributed by atoms with Gasteiger partial charge in [0.15, 0.2) is 5.82 Å². The maximum atomic E-state index is 13.5. The number of carbonyl (C=O) groups is 1. The molecule has 0 bridgehead atoms. The summed E-state index contributed by atoms with van der Waals surface area (Å²) in [4.78, 5) is 33.6. The number of aromatic hydroxyl groups is 2. The Morgan fingerprint density at radius 2 is 1.82 bits per heavy atom. The first-order valence-electron chi connectivity index (χ1n) is 12.8. The zero-order valence-corrected chi connectivity index (χ0v) is 22.2. The number of benzene rings is 1. The third-order valence-electron chi connectivity index (χ3n) is 7.21. The van der Waals surface area contributed by atoms with Crippen molar-refractivity contribution in [2.24, 2.45) is 0 Å². The second kappa shape index (κ2) is 9.85. The van der Waals surface area contributed by atoms with Crippen LogP contribution in [0.2, 0.25) is 0 Å². The Balaban J connectivity index is 1.39. The molecule has 0 radical (unpaired) electrons. The minimum absolute atomic E-state index is 0.00120. The average molecular weight is 532 g/mol. The summed E-state index contributed by atoms with van der Waals surface area (Å²) in [7, 11) is 0. The molecule has 5 heterocycles. The predicted molar refractivity (Wildman–Crippen MR) is 146 cm³/mol. The summed E-state index contributed by atoms with van der Waals surface area (Å²) in [5, 5.41) is 21.8. The number of hydrogen-bond donors (Lipinski definition) is 2. The lowest BCUT2D eigenvalue weighted by atomic mass is 9.97. The number of anilines is 1. The molecule has 3 aromatic heterocycles. The molecule has 38 heavy (non-hydrogen) atoms. The van der Waals surface area contributed by atoms with Gasteiger partial charge in [-0.1, -0.05) is 13.8 Å². The fourth-order valence-corrected chi connectivity index (χ4v) is 6.41. The minimum atomic E-state index is -0.246. The van der Waals surface area contributed by atoms with Crippen LogP contribution in [0.3, 0.4) is 0 Å². The van der Waals surface area contributed by atoms with E-state index in [1.807, 2.05) is 26.0 Å². The smallest absolute Gasteiger partial charge is 0.257 e. The number of thiophene rings is 1. The van der Waals surface area contributed by atoms with E-state index < -0.39 is 0 Å².